The molecule has 0 atom stereocenters. The molecule has 0 amide bonds. The smallest absolute Gasteiger partial charge is 0.368 e. The lowest BCUT2D eigenvalue weighted by Crippen LogP contribution is -2.06. The summed E-state index contributed by atoms with van der Waals surface area (Å²) in [5.74, 6) is 1.53. The molecular weight excluding hydrogens is 412 g/mol. The van der Waals surface area contributed by atoms with Crippen LogP contribution in [0, 0.1) is 24.0 Å². The third-order valence-corrected chi connectivity index (χ3v) is 4.55. The van der Waals surface area contributed by atoms with Gasteiger partial charge in [0.15, 0.2) is 0 Å². The van der Waals surface area contributed by atoms with Gasteiger partial charge in [0.25, 0.3) is 5.88 Å². The Kier molecular flexibility index (Phi) is 5.11. The summed E-state index contributed by atoms with van der Waals surface area (Å²) < 4.78 is 6.76. The molecule has 152 valence electrons. The molecule has 12 heteroatoms. The number of aromatic nitrogens is 6. The predicted octanol–water partition coefficient (Wildman–Crippen LogP) is 3.50. The van der Waals surface area contributed by atoms with Gasteiger partial charge in [-0.1, -0.05) is 16.1 Å². The summed E-state index contributed by atoms with van der Waals surface area (Å²) in [5, 5.41) is 18.7. The number of hydrogen-bond acceptors (Lipinski definition) is 9. The Labute approximate surface area is 174 Å². The first-order valence-corrected chi connectivity index (χ1v) is 9.15. The number of rotatable bonds is 6. The van der Waals surface area contributed by atoms with Crippen molar-refractivity contribution in [2.24, 2.45) is 0 Å². The normalized spacial score (nSPS) is 10.9. The lowest BCUT2D eigenvalue weighted by molar-refractivity contribution is -0.391. The van der Waals surface area contributed by atoms with Crippen molar-refractivity contribution < 1.29 is 9.66 Å². The molecule has 4 heterocycles. The van der Waals surface area contributed by atoms with Gasteiger partial charge in [0.1, 0.15) is 28.6 Å². The van der Waals surface area contributed by atoms with Crippen LogP contribution in [0.25, 0.3) is 5.65 Å². The number of halogens is 1. The number of fused-ring (bicyclic) bond motifs is 1. The van der Waals surface area contributed by atoms with Crippen molar-refractivity contribution in [1.82, 2.24) is 29.5 Å². The first-order valence-electron chi connectivity index (χ1n) is 8.77. The van der Waals surface area contributed by atoms with Crippen molar-refractivity contribution in [1.29, 1.82) is 0 Å². The van der Waals surface area contributed by atoms with Crippen LogP contribution < -0.4 is 10.1 Å². The molecule has 0 aliphatic heterocycles. The number of imidazole rings is 1. The zero-order chi connectivity index (χ0) is 21.3. The van der Waals surface area contributed by atoms with E-state index >= 15 is 0 Å². The molecule has 0 saturated heterocycles. The molecule has 11 nitrogen and oxygen atoms in total. The quantitative estimate of drug-likeness (QED) is 0.363. The molecule has 0 radical (unpaired) electrons. The van der Waals surface area contributed by atoms with Gasteiger partial charge in [-0.3, -0.25) is 4.98 Å². The molecule has 0 unspecified atom stereocenters. The van der Waals surface area contributed by atoms with Crippen LogP contribution >= 0.6 is 11.6 Å². The highest BCUT2D eigenvalue weighted by molar-refractivity contribution is 6.33. The zero-order valence-electron chi connectivity index (χ0n) is 15.9. The average molecular weight is 427 g/mol. The van der Waals surface area contributed by atoms with Gasteiger partial charge in [0.2, 0.25) is 5.65 Å². The molecule has 30 heavy (non-hydrogen) atoms. The zero-order valence-corrected chi connectivity index (χ0v) is 16.7. The lowest BCUT2D eigenvalue weighted by atomic mass is 10.3. The van der Waals surface area contributed by atoms with Crippen LogP contribution in [0.5, 0.6) is 11.6 Å². The van der Waals surface area contributed by atoms with Crippen molar-refractivity contribution in [3.8, 4) is 11.6 Å². The van der Waals surface area contributed by atoms with Crippen LogP contribution in [-0.2, 0) is 6.54 Å². The molecule has 1 N–H and O–H groups in total. The Balaban J connectivity index is 1.46. The second kappa shape index (κ2) is 7.87. The number of aryl methyl sites for hydroxylation is 2. The molecule has 4 rings (SSSR count). The minimum atomic E-state index is -0.562. The summed E-state index contributed by atoms with van der Waals surface area (Å²) in [5.41, 5.74) is 1.79. The Morgan fingerprint density at radius 1 is 1.17 bits per heavy atom. The first-order chi connectivity index (χ1) is 14.4. The molecule has 0 aliphatic rings. The maximum absolute atomic E-state index is 11.0. The molecule has 4 aromatic heterocycles. The van der Waals surface area contributed by atoms with E-state index in [0.29, 0.717) is 40.3 Å². The van der Waals surface area contributed by atoms with Gasteiger partial charge in [0.05, 0.1) is 24.1 Å². The maximum Gasteiger partial charge on any atom is 0.368 e. The largest absolute Gasteiger partial charge is 0.434 e. The number of nitro groups is 1. The van der Waals surface area contributed by atoms with Crippen LogP contribution in [0.2, 0.25) is 5.02 Å². The van der Waals surface area contributed by atoms with Gasteiger partial charge < -0.3 is 20.2 Å². The van der Waals surface area contributed by atoms with E-state index in [9.17, 15) is 10.1 Å². The highest BCUT2D eigenvalue weighted by Gasteiger charge is 2.16. The van der Waals surface area contributed by atoms with Crippen LogP contribution in [0.4, 0.5) is 11.6 Å². The van der Waals surface area contributed by atoms with E-state index in [-0.39, 0.29) is 11.7 Å². The van der Waals surface area contributed by atoms with Crippen molar-refractivity contribution in [3.05, 3.63) is 69.0 Å². The van der Waals surface area contributed by atoms with Crippen LogP contribution in [-0.4, -0.2) is 34.5 Å². The van der Waals surface area contributed by atoms with E-state index < -0.39 is 4.92 Å². The minimum Gasteiger partial charge on any atom is -0.434 e. The molecule has 4 aromatic rings. The summed E-state index contributed by atoms with van der Waals surface area (Å²) in [6.45, 7) is 4.01. The van der Waals surface area contributed by atoms with Gasteiger partial charge in [-0.05, 0) is 36.0 Å². The molecular formula is C18H15ClN8O3. The summed E-state index contributed by atoms with van der Waals surface area (Å²) in [6, 6.07) is 6.64. The van der Waals surface area contributed by atoms with E-state index in [1.165, 1.54) is 6.20 Å². The summed E-state index contributed by atoms with van der Waals surface area (Å²) in [7, 11) is 0. The molecule has 0 saturated carbocycles. The van der Waals surface area contributed by atoms with E-state index in [0.717, 1.165) is 16.4 Å². The van der Waals surface area contributed by atoms with Gasteiger partial charge in [-0.25, -0.2) is 15.0 Å². The fourth-order valence-corrected chi connectivity index (χ4v) is 2.86. The first kappa shape index (κ1) is 19.5. The van der Waals surface area contributed by atoms with Gasteiger partial charge >= 0.3 is 5.82 Å². The van der Waals surface area contributed by atoms with Crippen LogP contribution in [0.15, 0.2) is 36.7 Å². The van der Waals surface area contributed by atoms with Gasteiger partial charge in [0, 0.05) is 12.1 Å². The fraction of sp³-hybridized carbons (Fsp3) is 0.167. The number of nitrogens with zero attached hydrogens (tertiary/aromatic N) is 7. The monoisotopic (exact) mass is 426 g/mol. The Morgan fingerprint density at radius 2 is 2.00 bits per heavy atom. The minimum absolute atomic E-state index is 0.176. The summed E-state index contributed by atoms with van der Waals surface area (Å²) >= 11 is 6.23. The van der Waals surface area contributed by atoms with Crippen molar-refractivity contribution in [2.75, 3.05) is 5.32 Å². The topological polar surface area (TPSA) is 133 Å². The third-order valence-electron chi connectivity index (χ3n) is 4.09. The Bertz CT molecular complexity index is 1240. The number of hydrogen-bond donors (Lipinski definition) is 1. The number of ether oxygens (including phenoxy) is 1. The number of anilines is 1. The fourth-order valence-electron chi connectivity index (χ4n) is 2.71. The van der Waals surface area contributed by atoms with Gasteiger partial charge in [-0.2, -0.15) is 0 Å². The Hall–Kier alpha value is -3.86. The van der Waals surface area contributed by atoms with Crippen molar-refractivity contribution in [2.45, 2.75) is 20.4 Å². The van der Waals surface area contributed by atoms with E-state index in [4.69, 9.17) is 16.3 Å². The standard InChI is InChI=1S/C18H15ClN8O3/c1-10-17(19)18(24-11(2)23-10)22-7-12-3-4-13(8-20-12)30-15-6-5-14-21-9-16(27(28)29)26(14)25-15/h3-6,8-9H,7H2,1-2H3,(H,22,23,24). The van der Waals surface area contributed by atoms with E-state index in [1.54, 1.807) is 31.2 Å². The SMILES string of the molecule is Cc1nc(C)c(Cl)c(NCc2ccc(Oc3ccc4ncc([N+](=O)[O-])n4n3)cn2)n1. The van der Waals surface area contributed by atoms with E-state index in [1.807, 2.05) is 6.92 Å². The second-order valence-corrected chi connectivity index (χ2v) is 6.65. The van der Waals surface area contributed by atoms with E-state index in [2.05, 4.69) is 30.4 Å². The molecule has 0 spiro atoms. The molecule has 0 bridgehead atoms. The predicted molar refractivity (Wildman–Crippen MR) is 108 cm³/mol. The van der Waals surface area contributed by atoms with Crippen molar-refractivity contribution in [3.63, 3.8) is 0 Å². The second-order valence-electron chi connectivity index (χ2n) is 6.27. The van der Waals surface area contributed by atoms with Gasteiger partial charge in [-0.15, -0.1) is 0 Å². The number of pyridine rings is 1. The summed E-state index contributed by atoms with van der Waals surface area (Å²) in [6.07, 6.45) is 2.67. The third kappa shape index (κ3) is 3.96. The molecule has 0 fully saturated rings. The molecule has 0 aliphatic carbocycles. The summed E-state index contributed by atoms with van der Waals surface area (Å²) in [4.78, 5) is 27.2. The van der Waals surface area contributed by atoms with Crippen molar-refractivity contribution >= 4 is 28.9 Å². The average Bonchev–Trinajstić information content (AvgIpc) is 3.14. The lowest BCUT2D eigenvalue weighted by Gasteiger charge is -2.10. The van der Waals surface area contributed by atoms with Crippen LogP contribution in [0.3, 0.4) is 0 Å². The van der Waals surface area contributed by atoms with Crippen LogP contribution in [0.1, 0.15) is 17.2 Å². The maximum atomic E-state index is 11.0. The Morgan fingerprint density at radius 3 is 2.73 bits per heavy atom. The molecule has 0 aromatic carbocycles. The highest BCUT2D eigenvalue weighted by Crippen LogP contribution is 2.24. The highest BCUT2D eigenvalue weighted by atomic mass is 35.5. The number of nitrogens with one attached hydrogen (secondary N) is 1.